The average molecular weight is 368 g/mol. The minimum Gasteiger partial charge on any atom is -0.356 e. The lowest BCUT2D eigenvalue weighted by atomic mass is 9.78. The Kier molecular flexibility index (Phi) is 5.88. The van der Waals surface area contributed by atoms with Crippen molar-refractivity contribution in [3.63, 3.8) is 0 Å². The van der Waals surface area contributed by atoms with Crippen molar-refractivity contribution in [3.05, 3.63) is 52.3 Å². The van der Waals surface area contributed by atoms with Gasteiger partial charge in [-0.15, -0.1) is 0 Å². The maximum absolute atomic E-state index is 4.50. The summed E-state index contributed by atoms with van der Waals surface area (Å²) < 4.78 is 1.94. The highest BCUT2D eigenvalue weighted by Gasteiger charge is 2.35. The molecule has 1 aromatic carbocycles. The molecule has 0 spiro atoms. The smallest absolute Gasteiger partial charge is 0.191 e. The zero-order valence-electron chi connectivity index (χ0n) is 17.4. The Morgan fingerprint density at radius 3 is 2.52 bits per heavy atom. The van der Waals surface area contributed by atoms with E-state index in [1.165, 1.54) is 48.1 Å². The van der Waals surface area contributed by atoms with E-state index >= 15 is 0 Å². The molecule has 0 atom stereocenters. The van der Waals surface area contributed by atoms with Crippen LogP contribution in [0.15, 0.2) is 29.3 Å². The molecule has 27 heavy (non-hydrogen) atoms. The number of aromatic nitrogens is 2. The Labute approximate surface area is 163 Å². The predicted octanol–water partition coefficient (Wildman–Crippen LogP) is 3.52. The first-order valence-corrected chi connectivity index (χ1v) is 9.96. The second kappa shape index (κ2) is 8.15. The van der Waals surface area contributed by atoms with Crippen molar-refractivity contribution in [1.82, 2.24) is 20.4 Å². The molecule has 1 fully saturated rings. The molecule has 5 heteroatoms. The number of rotatable bonds is 5. The lowest BCUT2D eigenvalue weighted by Crippen LogP contribution is -2.44. The molecule has 2 aromatic rings. The Morgan fingerprint density at radius 1 is 1.19 bits per heavy atom. The van der Waals surface area contributed by atoms with Gasteiger partial charge in [0.25, 0.3) is 0 Å². The third-order valence-corrected chi connectivity index (χ3v) is 6.10. The number of hydrogen-bond acceptors (Lipinski definition) is 2. The summed E-state index contributed by atoms with van der Waals surface area (Å²) in [6, 6.07) is 9.01. The fourth-order valence-electron chi connectivity index (χ4n) is 4.31. The van der Waals surface area contributed by atoms with E-state index in [0.717, 1.165) is 24.7 Å². The van der Waals surface area contributed by atoms with E-state index in [1.807, 2.05) is 18.8 Å². The van der Waals surface area contributed by atoms with Crippen LogP contribution in [0.4, 0.5) is 0 Å². The van der Waals surface area contributed by atoms with Crippen LogP contribution in [0, 0.1) is 20.8 Å². The van der Waals surface area contributed by atoms with Crippen LogP contribution in [0.5, 0.6) is 0 Å². The van der Waals surface area contributed by atoms with Gasteiger partial charge in [0, 0.05) is 43.9 Å². The van der Waals surface area contributed by atoms with Crippen molar-refractivity contribution in [1.29, 1.82) is 0 Å². The van der Waals surface area contributed by atoms with Crippen molar-refractivity contribution in [2.45, 2.75) is 58.4 Å². The minimum atomic E-state index is 0.212. The third-order valence-electron chi connectivity index (χ3n) is 6.10. The second-order valence-corrected chi connectivity index (χ2v) is 7.91. The lowest BCUT2D eigenvalue weighted by molar-refractivity contribution is 0.431. The van der Waals surface area contributed by atoms with Crippen LogP contribution in [0.25, 0.3) is 0 Å². The van der Waals surface area contributed by atoms with Gasteiger partial charge in [0.15, 0.2) is 5.96 Å². The topological polar surface area (TPSA) is 54.2 Å². The van der Waals surface area contributed by atoms with Crippen LogP contribution >= 0.6 is 0 Å². The van der Waals surface area contributed by atoms with E-state index < -0.39 is 0 Å². The predicted molar refractivity (Wildman–Crippen MR) is 112 cm³/mol. The Morgan fingerprint density at radius 2 is 1.93 bits per heavy atom. The fraction of sp³-hybridized carbons (Fsp3) is 0.545. The van der Waals surface area contributed by atoms with Gasteiger partial charge in [-0.25, -0.2) is 0 Å². The molecule has 1 heterocycles. The van der Waals surface area contributed by atoms with Crippen LogP contribution in [0.3, 0.4) is 0 Å². The normalized spacial score (nSPS) is 16.6. The summed E-state index contributed by atoms with van der Waals surface area (Å²) in [4.78, 5) is 4.44. The molecule has 1 aliphatic rings. The SMILES string of the molecule is CN=C(NCc1c(C)nn(C)c1C)NCC1(c2cccc(C)c2)CCCC1. The van der Waals surface area contributed by atoms with E-state index in [1.54, 1.807) is 0 Å². The van der Waals surface area contributed by atoms with Gasteiger partial charge in [-0.1, -0.05) is 42.7 Å². The molecular weight excluding hydrogens is 334 g/mol. The maximum Gasteiger partial charge on any atom is 0.191 e. The molecule has 2 N–H and O–H groups in total. The first-order valence-electron chi connectivity index (χ1n) is 9.96. The quantitative estimate of drug-likeness (QED) is 0.628. The highest BCUT2D eigenvalue weighted by atomic mass is 15.3. The van der Waals surface area contributed by atoms with E-state index in [9.17, 15) is 0 Å². The maximum atomic E-state index is 4.50. The molecule has 5 nitrogen and oxygen atoms in total. The van der Waals surface area contributed by atoms with Gasteiger partial charge < -0.3 is 10.6 Å². The van der Waals surface area contributed by atoms with E-state index in [-0.39, 0.29) is 5.41 Å². The average Bonchev–Trinajstić information content (AvgIpc) is 3.22. The number of benzene rings is 1. The molecule has 0 bridgehead atoms. The summed E-state index contributed by atoms with van der Waals surface area (Å²) in [6.07, 6.45) is 5.08. The largest absolute Gasteiger partial charge is 0.356 e. The number of nitrogens with one attached hydrogen (secondary N) is 2. The zero-order valence-corrected chi connectivity index (χ0v) is 17.4. The summed E-state index contributed by atoms with van der Waals surface area (Å²) in [6.45, 7) is 8.01. The molecule has 1 saturated carbocycles. The first-order chi connectivity index (χ1) is 12.9. The highest BCUT2D eigenvalue weighted by molar-refractivity contribution is 5.79. The zero-order chi connectivity index (χ0) is 19.4. The molecule has 0 saturated heterocycles. The van der Waals surface area contributed by atoms with Crippen LogP contribution in [0.2, 0.25) is 0 Å². The number of guanidine groups is 1. The van der Waals surface area contributed by atoms with Gasteiger partial charge in [0.05, 0.1) is 5.69 Å². The molecule has 3 rings (SSSR count). The van der Waals surface area contributed by atoms with Gasteiger partial charge in [0.1, 0.15) is 0 Å². The fourth-order valence-corrected chi connectivity index (χ4v) is 4.31. The number of nitrogens with zero attached hydrogens (tertiary/aromatic N) is 3. The molecule has 1 aromatic heterocycles. The number of hydrogen-bond donors (Lipinski definition) is 2. The van der Waals surface area contributed by atoms with Gasteiger partial charge >= 0.3 is 0 Å². The number of aryl methyl sites for hydroxylation is 3. The molecule has 0 aliphatic heterocycles. The van der Waals surface area contributed by atoms with Crippen LogP contribution in [-0.4, -0.2) is 29.3 Å². The standard InChI is InChI=1S/C22H33N5/c1-16-9-8-10-19(13-16)22(11-6-7-12-22)15-25-21(23-4)24-14-20-17(2)26-27(5)18(20)3/h8-10,13H,6-7,11-12,14-15H2,1-5H3,(H2,23,24,25). The van der Waals surface area contributed by atoms with Crippen LogP contribution in [0.1, 0.15) is 53.8 Å². The van der Waals surface area contributed by atoms with Crippen molar-refractivity contribution in [2.75, 3.05) is 13.6 Å². The minimum absolute atomic E-state index is 0.212. The van der Waals surface area contributed by atoms with Crippen LogP contribution in [-0.2, 0) is 19.0 Å². The van der Waals surface area contributed by atoms with Crippen molar-refractivity contribution < 1.29 is 0 Å². The van der Waals surface area contributed by atoms with Gasteiger partial charge in [-0.3, -0.25) is 9.67 Å². The Hall–Kier alpha value is -2.30. The summed E-state index contributed by atoms with van der Waals surface area (Å²) in [5.74, 6) is 0.858. The molecule has 0 radical (unpaired) electrons. The van der Waals surface area contributed by atoms with Gasteiger partial charge in [-0.05, 0) is 39.2 Å². The van der Waals surface area contributed by atoms with Crippen LogP contribution < -0.4 is 10.6 Å². The molecule has 0 unspecified atom stereocenters. The molecule has 0 amide bonds. The van der Waals surface area contributed by atoms with Gasteiger partial charge in [-0.2, -0.15) is 5.10 Å². The third kappa shape index (κ3) is 4.18. The Balaban J connectivity index is 1.67. The monoisotopic (exact) mass is 367 g/mol. The number of aliphatic imine (C=N–C) groups is 1. The summed E-state index contributed by atoms with van der Waals surface area (Å²) in [5.41, 5.74) is 6.52. The molecular formula is C22H33N5. The first kappa shape index (κ1) is 19.5. The summed E-state index contributed by atoms with van der Waals surface area (Å²) in [7, 11) is 3.83. The van der Waals surface area contributed by atoms with Crippen molar-refractivity contribution in [2.24, 2.45) is 12.0 Å². The summed E-state index contributed by atoms with van der Waals surface area (Å²) in [5, 5.41) is 11.6. The lowest BCUT2D eigenvalue weighted by Gasteiger charge is -2.31. The van der Waals surface area contributed by atoms with E-state index in [4.69, 9.17) is 0 Å². The molecule has 146 valence electrons. The summed E-state index contributed by atoms with van der Waals surface area (Å²) >= 11 is 0. The van der Waals surface area contributed by atoms with E-state index in [0.29, 0.717) is 0 Å². The second-order valence-electron chi connectivity index (χ2n) is 7.91. The van der Waals surface area contributed by atoms with Crippen molar-refractivity contribution in [3.8, 4) is 0 Å². The van der Waals surface area contributed by atoms with Gasteiger partial charge in [0.2, 0.25) is 0 Å². The van der Waals surface area contributed by atoms with E-state index in [2.05, 4.69) is 65.8 Å². The Bertz CT molecular complexity index is 812. The van der Waals surface area contributed by atoms with Crippen molar-refractivity contribution >= 4 is 5.96 Å². The molecule has 1 aliphatic carbocycles. The highest BCUT2D eigenvalue weighted by Crippen LogP contribution is 2.40.